The molecule has 0 aliphatic heterocycles. The Kier molecular flexibility index (Phi) is 2.80. The molecule has 1 heterocycles. The van der Waals surface area contributed by atoms with E-state index in [1.54, 1.807) is 0 Å². The van der Waals surface area contributed by atoms with Crippen molar-refractivity contribution in [3.63, 3.8) is 0 Å². The van der Waals surface area contributed by atoms with Gasteiger partial charge in [-0.3, -0.25) is 0 Å². The largest absolute Gasteiger partial charge is 0.476 e. The molecule has 0 spiro atoms. The Morgan fingerprint density at radius 1 is 1.47 bits per heavy atom. The van der Waals surface area contributed by atoms with Crippen molar-refractivity contribution in [1.29, 1.82) is 0 Å². The molecule has 1 saturated carbocycles. The number of carboxylic acids is 1. The Balaban J connectivity index is 2.34. The predicted octanol–water partition coefficient (Wildman–Crippen LogP) is 1.81. The molecule has 1 aromatic heterocycles. The Morgan fingerprint density at radius 3 is 2.53 bits per heavy atom. The number of aromatic nitrogens is 3. The Labute approximate surface area is 94.2 Å². The molecule has 0 amide bonds. The Hall–Kier alpha value is -1.60. The highest BCUT2D eigenvalue weighted by molar-refractivity contribution is 5.86. The van der Waals surface area contributed by atoms with Gasteiger partial charge >= 0.3 is 12.1 Å². The van der Waals surface area contributed by atoms with E-state index in [0.717, 1.165) is 6.42 Å². The number of alkyl halides is 3. The molecule has 5 nitrogen and oxygen atoms in total. The highest BCUT2D eigenvalue weighted by Gasteiger charge is 2.35. The van der Waals surface area contributed by atoms with Gasteiger partial charge in [0.2, 0.25) is 0 Å². The van der Waals surface area contributed by atoms with E-state index in [1.807, 2.05) is 0 Å². The van der Waals surface area contributed by atoms with Gasteiger partial charge < -0.3 is 5.11 Å². The van der Waals surface area contributed by atoms with Crippen LogP contribution in [-0.2, 0) is 6.54 Å². The molecule has 0 atom stereocenters. The minimum absolute atomic E-state index is 0.0982. The molecule has 1 N–H and O–H groups in total. The smallest absolute Gasteiger partial charge is 0.408 e. The normalized spacial score (nSPS) is 16.9. The molecule has 2 rings (SSSR count). The van der Waals surface area contributed by atoms with Crippen molar-refractivity contribution >= 4 is 5.97 Å². The van der Waals surface area contributed by atoms with E-state index in [0.29, 0.717) is 17.5 Å². The van der Waals surface area contributed by atoms with Crippen LogP contribution in [0.3, 0.4) is 0 Å². The molecule has 94 valence electrons. The number of nitrogens with zero attached hydrogens (tertiary/aromatic N) is 3. The van der Waals surface area contributed by atoms with Crippen molar-refractivity contribution in [3.05, 3.63) is 11.4 Å². The van der Waals surface area contributed by atoms with E-state index < -0.39 is 18.7 Å². The van der Waals surface area contributed by atoms with Crippen LogP contribution in [0.15, 0.2) is 0 Å². The molecular weight excluding hydrogens is 239 g/mol. The molecule has 1 fully saturated rings. The lowest BCUT2D eigenvalue weighted by molar-refractivity contribution is -0.143. The highest BCUT2D eigenvalue weighted by Crippen LogP contribution is 2.38. The molecule has 17 heavy (non-hydrogen) atoms. The maximum absolute atomic E-state index is 12.3. The molecular formula is C9H10F3N3O2. The first kappa shape index (κ1) is 11.9. The average molecular weight is 249 g/mol. The van der Waals surface area contributed by atoms with Gasteiger partial charge in [0.25, 0.3) is 0 Å². The molecule has 0 aromatic carbocycles. The third-order valence-corrected chi connectivity index (χ3v) is 2.80. The summed E-state index contributed by atoms with van der Waals surface area (Å²) < 4.78 is 37.5. The lowest BCUT2D eigenvalue weighted by atomic mass is 9.82. The number of hydrogen-bond donors (Lipinski definition) is 1. The maximum Gasteiger partial charge on any atom is 0.408 e. The maximum atomic E-state index is 12.3. The zero-order valence-electron chi connectivity index (χ0n) is 8.74. The standard InChI is InChI=1S/C9H10F3N3O2/c10-9(11,12)4-15-7(5-2-1-3-5)6(8(16)17)13-14-15/h5H,1-4H2,(H,16,17). The lowest BCUT2D eigenvalue weighted by Crippen LogP contribution is -2.24. The number of carboxylic acid groups (broad SMARTS) is 1. The van der Waals surface area contributed by atoms with Crippen LogP contribution in [0.2, 0.25) is 0 Å². The second kappa shape index (κ2) is 4.01. The average Bonchev–Trinajstić information content (AvgIpc) is 2.43. The minimum Gasteiger partial charge on any atom is -0.476 e. The van der Waals surface area contributed by atoms with E-state index in [9.17, 15) is 18.0 Å². The van der Waals surface area contributed by atoms with Gasteiger partial charge in [-0.15, -0.1) is 5.10 Å². The van der Waals surface area contributed by atoms with Crippen LogP contribution in [0.4, 0.5) is 13.2 Å². The van der Waals surface area contributed by atoms with E-state index in [1.165, 1.54) is 0 Å². The Morgan fingerprint density at radius 2 is 2.12 bits per heavy atom. The summed E-state index contributed by atoms with van der Waals surface area (Å²) in [7, 11) is 0. The summed E-state index contributed by atoms with van der Waals surface area (Å²) in [5, 5.41) is 15.5. The van der Waals surface area contributed by atoms with Gasteiger partial charge in [0.15, 0.2) is 5.69 Å². The van der Waals surface area contributed by atoms with Gasteiger partial charge in [-0.05, 0) is 12.8 Å². The number of halogens is 3. The van der Waals surface area contributed by atoms with Crippen LogP contribution in [0.5, 0.6) is 0 Å². The first-order valence-corrected chi connectivity index (χ1v) is 5.12. The molecule has 8 heteroatoms. The highest BCUT2D eigenvalue weighted by atomic mass is 19.4. The second-order valence-electron chi connectivity index (χ2n) is 4.03. The van der Waals surface area contributed by atoms with Gasteiger partial charge in [0.1, 0.15) is 6.54 Å². The number of aromatic carboxylic acids is 1. The van der Waals surface area contributed by atoms with Gasteiger partial charge in [0.05, 0.1) is 5.69 Å². The molecule has 0 bridgehead atoms. The monoisotopic (exact) mass is 249 g/mol. The number of carbonyl (C=O) groups is 1. The van der Waals surface area contributed by atoms with Crippen LogP contribution < -0.4 is 0 Å². The van der Waals surface area contributed by atoms with Crippen LogP contribution >= 0.6 is 0 Å². The summed E-state index contributed by atoms with van der Waals surface area (Å²) in [6, 6.07) is 0. The van der Waals surface area contributed by atoms with Crippen molar-refractivity contribution in [2.75, 3.05) is 0 Å². The quantitative estimate of drug-likeness (QED) is 0.886. The van der Waals surface area contributed by atoms with Crippen LogP contribution in [0, 0.1) is 0 Å². The van der Waals surface area contributed by atoms with Crippen molar-refractivity contribution in [2.45, 2.75) is 37.9 Å². The second-order valence-corrected chi connectivity index (χ2v) is 4.03. The summed E-state index contributed by atoms with van der Waals surface area (Å²) in [6.07, 6.45) is -2.17. The number of rotatable bonds is 3. The zero-order valence-corrected chi connectivity index (χ0v) is 8.74. The molecule has 1 aliphatic carbocycles. The van der Waals surface area contributed by atoms with Gasteiger partial charge in [-0.2, -0.15) is 13.2 Å². The van der Waals surface area contributed by atoms with Crippen molar-refractivity contribution in [1.82, 2.24) is 15.0 Å². The first-order valence-electron chi connectivity index (χ1n) is 5.12. The van der Waals surface area contributed by atoms with E-state index in [4.69, 9.17) is 5.11 Å². The van der Waals surface area contributed by atoms with Crippen LogP contribution in [0.1, 0.15) is 41.4 Å². The van der Waals surface area contributed by atoms with Crippen molar-refractivity contribution in [3.8, 4) is 0 Å². The van der Waals surface area contributed by atoms with Crippen LogP contribution in [0.25, 0.3) is 0 Å². The summed E-state index contributed by atoms with van der Waals surface area (Å²) >= 11 is 0. The SMILES string of the molecule is O=C(O)c1nnn(CC(F)(F)F)c1C1CCC1. The summed E-state index contributed by atoms with van der Waals surface area (Å²) in [4.78, 5) is 10.8. The lowest BCUT2D eigenvalue weighted by Gasteiger charge is -2.26. The predicted molar refractivity (Wildman–Crippen MR) is 49.6 cm³/mol. The zero-order chi connectivity index (χ0) is 12.6. The molecule has 1 aromatic rings. The summed E-state index contributed by atoms with van der Waals surface area (Å²) in [6.45, 7) is -1.29. The van der Waals surface area contributed by atoms with Gasteiger partial charge in [-0.1, -0.05) is 11.6 Å². The van der Waals surface area contributed by atoms with Gasteiger partial charge in [0, 0.05) is 5.92 Å². The molecule has 1 aliphatic rings. The fourth-order valence-electron chi connectivity index (χ4n) is 1.85. The Bertz CT molecular complexity index is 437. The minimum atomic E-state index is -4.43. The van der Waals surface area contributed by atoms with Crippen molar-refractivity contribution < 1.29 is 23.1 Å². The first-order chi connectivity index (χ1) is 7.88. The number of hydrogen-bond acceptors (Lipinski definition) is 3. The molecule has 0 radical (unpaired) electrons. The van der Waals surface area contributed by atoms with E-state index >= 15 is 0 Å². The molecule has 0 saturated heterocycles. The third-order valence-electron chi connectivity index (χ3n) is 2.80. The fraction of sp³-hybridized carbons (Fsp3) is 0.667. The fourth-order valence-corrected chi connectivity index (χ4v) is 1.85. The van der Waals surface area contributed by atoms with Crippen molar-refractivity contribution in [2.24, 2.45) is 0 Å². The van der Waals surface area contributed by atoms with E-state index in [-0.39, 0.29) is 17.3 Å². The summed E-state index contributed by atoms with van der Waals surface area (Å²) in [5.74, 6) is -1.50. The topological polar surface area (TPSA) is 68.0 Å². The van der Waals surface area contributed by atoms with Crippen LogP contribution in [-0.4, -0.2) is 32.2 Å². The third kappa shape index (κ3) is 2.40. The van der Waals surface area contributed by atoms with E-state index in [2.05, 4.69) is 10.3 Å². The molecule has 0 unspecified atom stereocenters. The summed E-state index contributed by atoms with van der Waals surface area (Å²) in [5.41, 5.74) is -0.264. The van der Waals surface area contributed by atoms with Gasteiger partial charge in [-0.25, -0.2) is 9.48 Å².